The van der Waals surface area contributed by atoms with Crippen LogP contribution in [0.5, 0.6) is 0 Å². The molecule has 0 aliphatic heterocycles. The van der Waals surface area contributed by atoms with Crippen molar-refractivity contribution in [3.63, 3.8) is 0 Å². The summed E-state index contributed by atoms with van der Waals surface area (Å²) in [5.74, 6) is 0. The van der Waals surface area contributed by atoms with Gasteiger partial charge in [0.25, 0.3) is 0 Å². The Morgan fingerprint density at radius 2 is 1.93 bits per heavy atom. The third kappa shape index (κ3) is 4.66. The smallest absolute Gasteiger partial charge is 0.150 e. The summed E-state index contributed by atoms with van der Waals surface area (Å²) in [5, 5.41) is 16.2. The van der Waals surface area contributed by atoms with Crippen molar-refractivity contribution in [2.75, 3.05) is 6.61 Å². The fourth-order valence-corrected chi connectivity index (χ4v) is 1.19. The van der Waals surface area contributed by atoms with Gasteiger partial charge < -0.3 is 0 Å². The van der Waals surface area contributed by atoms with Gasteiger partial charge in [-0.3, -0.25) is 20.0 Å². The number of aldehydes is 1. The molecule has 0 aromatic heterocycles. The van der Waals surface area contributed by atoms with Crippen LogP contribution in [0.4, 0.5) is 0 Å². The van der Waals surface area contributed by atoms with Gasteiger partial charge in [0.2, 0.25) is 0 Å². The van der Waals surface area contributed by atoms with E-state index < -0.39 is 0 Å². The first-order valence-electron chi connectivity index (χ1n) is 4.57. The van der Waals surface area contributed by atoms with Gasteiger partial charge in [0, 0.05) is 5.56 Å². The van der Waals surface area contributed by atoms with Gasteiger partial charge in [-0.15, -0.1) is 0 Å². The summed E-state index contributed by atoms with van der Waals surface area (Å²) in [6.45, 7) is 0.225. The fourth-order valence-electron chi connectivity index (χ4n) is 1.19. The SMILES string of the molecule is O=Cc1ccc(CCCON(O)O)cc1. The van der Waals surface area contributed by atoms with Crippen LogP contribution >= 0.6 is 0 Å². The summed E-state index contributed by atoms with van der Waals surface area (Å²) >= 11 is 0. The minimum atomic E-state index is -0.296. The van der Waals surface area contributed by atoms with E-state index in [2.05, 4.69) is 4.84 Å². The molecule has 5 nitrogen and oxygen atoms in total. The number of benzene rings is 1. The first kappa shape index (κ1) is 11.8. The van der Waals surface area contributed by atoms with Crippen LogP contribution in [-0.2, 0) is 11.3 Å². The van der Waals surface area contributed by atoms with E-state index in [9.17, 15) is 4.79 Å². The van der Waals surface area contributed by atoms with Crippen LogP contribution in [-0.4, -0.2) is 28.7 Å². The molecule has 0 saturated carbocycles. The zero-order valence-electron chi connectivity index (χ0n) is 8.17. The Balaban J connectivity index is 2.28. The highest BCUT2D eigenvalue weighted by atomic mass is 17.1. The van der Waals surface area contributed by atoms with Gasteiger partial charge in [-0.05, 0) is 18.4 Å². The Bertz CT molecular complexity index is 297. The van der Waals surface area contributed by atoms with Crippen LogP contribution in [0.15, 0.2) is 24.3 Å². The highest BCUT2D eigenvalue weighted by Crippen LogP contribution is 2.05. The lowest BCUT2D eigenvalue weighted by atomic mass is 10.1. The minimum absolute atomic E-state index is 0.225. The molecule has 5 heteroatoms. The lowest BCUT2D eigenvalue weighted by molar-refractivity contribution is -0.492. The predicted octanol–water partition coefficient (Wildman–Crippen LogP) is 1.44. The largest absolute Gasteiger partial charge is 0.298 e. The lowest BCUT2D eigenvalue weighted by Crippen LogP contribution is -2.15. The fraction of sp³-hybridized carbons (Fsp3) is 0.300. The first-order chi connectivity index (χ1) is 7.22. The summed E-state index contributed by atoms with van der Waals surface area (Å²) in [6.07, 6.45) is 2.22. The molecule has 0 amide bonds. The number of nitrogens with zero attached hydrogens (tertiary/aromatic N) is 1. The lowest BCUT2D eigenvalue weighted by Gasteiger charge is -2.05. The monoisotopic (exact) mass is 211 g/mol. The third-order valence-corrected chi connectivity index (χ3v) is 1.93. The van der Waals surface area contributed by atoms with Gasteiger partial charge in [0.15, 0.2) is 0 Å². The van der Waals surface area contributed by atoms with Crippen molar-refractivity contribution >= 4 is 6.29 Å². The molecule has 82 valence electrons. The molecule has 2 N–H and O–H groups in total. The van der Waals surface area contributed by atoms with Crippen LogP contribution in [0.1, 0.15) is 22.3 Å². The van der Waals surface area contributed by atoms with Crippen molar-refractivity contribution in [1.29, 1.82) is 0 Å². The molecule has 0 fully saturated rings. The second kappa shape index (κ2) is 6.26. The Kier molecular flexibility index (Phi) is 4.92. The minimum Gasteiger partial charge on any atom is -0.298 e. The Morgan fingerprint density at radius 1 is 1.27 bits per heavy atom. The molecule has 15 heavy (non-hydrogen) atoms. The summed E-state index contributed by atoms with van der Waals surface area (Å²) < 4.78 is 0. The molecule has 0 spiro atoms. The molecule has 1 aromatic rings. The van der Waals surface area contributed by atoms with Crippen molar-refractivity contribution in [3.8, 4) is 0 Å². The second-order valence-corrected chi connectivity index (χ2v) is 3.05. The second-order valence-electron chi connectivity index (χ2n) is 3.05. The molecule has 0 bridgehead atoms. The van der Waals surface area contributed by atoms with E-state index in [1.165, 1.54) is 0 Å². The molecule has 0 radical (unpaired) electrons. The maximum atomic E-state index is 10.4. The van der Waals surface area contributed by atoms with Crippen LogP contribution in [0.2, 0.25) is 0 Å². The van der Waals surface area contributed by atoms with Crippen molar-refractivity contribution in [3.05, 3.63) is 35.4 Å². The first-order valence-corrected chi connectivity index (χ1v) is 4.57. The molecule has 0 heterocycles. The molecular weight excluding hydrogens is 198 g/mol. The Hall–Kier alpha value is -1.27. The highest BCUT2D eigenvalue weighted by molar-refractivity contribution is 5.74. The summed E-state index contributed by atoms with van der Waals surface area (Å²) in [7, 11) is 0. The van der Waals surface area contributed by atoms with Gasteiger partial charge in [-0.2, -0.15) is 0 Å². The van der Waals surface area contributed by atoms with Crippen LogP contribution < -0.4 is 0 Å². The molecule has 1 rings (SSSR count). The molecule has 0 atom stereocenters. The molecule has 0 unspecified atom stereocenters. The van der Waals surface area contributed by atoms with Gasteiger partial charge in [-0.25, -0.2) is 0 Å². The molecule has 0 aliphatic rings. The Labute approximate surface area is 87.4 Å². The van der Waals surface area contributed by atoms with E-state index in [-0.39, 0.29) is 12.0 Å². The van der Waals surface area contributed by atoms with E-state index in [0.29, 0.717) is 12.0 Å². The summed E-state index contributed by atoms with van der Waals surface area (Å²) in [6, 6.07) is 7.21. The van der Waals surface area contributed by atoms with Gasteiger partial charge >= 0.3 is 0 Å². The maximum Gasteiger partial charge on any atom is 0.150 e. The highest BCUT2D eigenvalue weighted by Gasteiger charge is 1.96. The number of rotatable bonds is 6. The van der Waals surface area contributed by atoms with E-state index in [4.69, 9.17) is 10.4 Å². The van der Waals surface area contributed by atoms with E-state index >= 15 is 0 Å². The van der Waals surface area contributed by atoms with E-state index in [1.807, 2.05) is 12.1 Å². The molecule has 1 aromatic carbocycles. The standard InChI is InChI=1S/C10H13NO4/c12-8-10-5-3-9(4-6-10)2-1-7-15-11(13)14/h3-6,8,13-14H,1-2,7H2. The van der Waals surface area contributed by atoms with Gasteiger partial charge in [-0.1, -0.05) is 24.3 Å². The zero-order chi connectivity index (χ0) is 11.1. The average molecular weight is 211 g/mol. The molecular formula is C10H13NO4. The average Bonchev–Trinajstić information content (AvgIpc) is 2.25. The number of carbonyl (C=O) groups excluding carboxylic acids is 1. The summed E-state index contributed by atoms with van der Waals surface area (Å²) in [4.78, 5) is 14.8. The quantitative estimate of drug-likeness (QED) is 0.423. The van der Waals surface area contributed by atoms with Crippen LogP contribution in [0.25, 0.3) is 0 Å². The normalized spacial score (nSPS) is 10.6. The predicted molar refractivity (Wildman–Crippen MR) is 51.5 cm³/mol. The molecule has 0 saturated heterocycles. The topological polar surface area (TPSA) is 70.0 Å². The summed E-state index contributed by atoms with van der Waals surface area (Å²) in [5.41, 5.74) is 1.72. The van der Waals surface area contributed by atoms with Crippen molar-refractivity contribution in [2.24, 2.45) is 0 Å². The van der Waals surface area contributed by atoms with Gasteiger partial charge in [0.05, 0.1) is 12.0 Å². The van der Waals surface area contributed by atoms with E-state index in [1.54, 1.807) is 12.1 Å². The maximum absolute atomic E-state index is 10.4. The zero-order valence-corrected chi connectivity index (χ0v) is 8.17. The number of aryl methyl sites for hydroxylation is 1. The van der Waals surface area contributed by atoms with Crippen LogP contribution in [0, 0.1) is 0 Å². The Morgan fingerprint density at radius 3 is 2.47 bits per heavy atom. The van der Waals surface area contributed by atoms with Crippen molar-refractivity contribution in [2.45, 2.75) is 12.8 Å². The van der Waals surface area contributed by atoms with E-state index in [0.717, 1.165) is 18.3 Å². The van der Waals surface area contributed by atoms with Crippen molar-refractivity contribution in [1.82, 2.24) is 5.39 Å². The molecule has 0 aliphatic carbocycles. The number of carbonyl (C=O) groups is 1. The van der Waals surface area contributed by atoms with Gasteiger partial charge in [0.1, 0.15) is 6.29 Å². The number of hydrogen-bond acceptors (Lipinski definition) is 5. The van der Waals surface area contributed by atoms with Crippen LogP contribution in [0.3, 0.4) is 0 Å². The number of hydrogen-bond donors (Lipinski definition) is 2. The van der Waals surface area contributed by atoms with Crippen molar-refractivity contribution < 1.29 is 20.0 Å². The third-order valence-electron chi connectivity index (χ3n) is 1.93.